The number of rotatable bonds is 2. The molecule has 0 aromatic carbocycles. The number of hydrogen-bond donors (Lipinski definition) is 1. The molecule has 1 aromatic rings. The lowest BCUT2D eigenvalue weighted by molar-refractivity contribution is -0.138. The molecule has 2 heterocycles. The van der Waals surface area contributed by atoms with Crippen LogP contribution in [0, 0.1) is 0 Å². The average molecular weight is 253 g/mol. The number of nitrogens with one attached hydrogen (secondary N) is 1. The molecular formula is C13H23N3O2. The van der Waals surface area contributed by atoms with Gasteiger partial charge in [0.2, 0.25) is 0 Å². The second kappa shape index (κ2) is 7.16. The first kappa shape index (κ1) is 14.7. The van der Waals surface area contributed by atoms with Gasteiger partial charge in [-0.3, -0.25) is 9.48 Å². The molecule has 0 unspecified atom stereocenters. The molecule has 1 aromatic heterocycles. The maximum absolute atomic E-state index is 9.60. The minimum atomic E-state index is -0.318. The van der Waals surface area contributed by atoms with E-state index >= 15 is 0 Å². The van der Waals surface area contributed by atoms with E-state index in [1.165, 1.54) is 12.8 Å². The predicted molar refractivity (Wildman–Crippen MR) is 70.3 cm³/mol. The van der Waals surface area contributed by atoms with Gasteiger partial charge in [0.15, 0.2) is 0 Å². The van der Waals surface area contributed by atoms with E-state index in [2.05, 4.69) is 26.0 Å². The highest BCUT2D eigenvalue weighted by Gasteiger charge is 2.13. The highest BCUT2D eigenvalue weighted by Crippen LogP contribution is 2.16. The van der Waals surface area contributed by atoms with Crippen molar-refractivity contribution in [3.05, 3.63) is 18.5 Å². The van der Waals surface area contributed by atoms with Gasteiger partial charge in [0.05, 0.1) is 6.04 Å². The van der Waals surface area contributed by atoms with E-state index in [1.807, 2.05) is 33.0 Å². The van der Waals surface area contributed by atoms with Crippen molar-refractivity contribution >= 4 is 6.47 Å². The first-order valence-electron chi connectivity index (χ1n) is 6.34. The van der Waals surface area contributed by atoms with Gasteiger partial charge in [-0.25, -0.2) is 0 Å². The summed E-state index contributed by atoms with van der Waals surface area (Å²) < 4.78 is 6.62. The quantitative estimate of drug-likeness (QED) is 0.816. The van der Waals surface area contributed by atoms with Gasteiger partial charge in [-0.15, -0.1) is 0 Å². The van der Waals surface area contributed by atoms with Gasteiger partial charge in [0.1, 0.15) is 5.60 Å². The van der Waals surface area contributed by atoms with Crippen LogP contribution in [0.25, 0.3) is 0 Å². The average Bonchev–Trinajstić information content (AvgIpc) is 2.83. The Balaban J connectivity index is 0.000000203. The van der Waals surface area contributed by atoms with Gasteiger partial charge >= 0.3 is 0 Å². The van der Waals surface area contributed by atoms with Gasteiger partial charge in [-0.05, 0) is 52.8 Å². The van der Waals surface area contributed by atoms with Crippen molar-refractivity contribution in [2.24, 2.45) is 0 Å². The molecule has 1 aliphatic rings. The van der Waals surface area contributed by atoms with E-state index in [4.69, 9.17) is 0 Å². The fourth-order valence-electron chi connectivity index (χ4n) is 1.71. The monoisotopic (exact) mass is 253 g/mol. The Morgan fingerprint density at radius 3 is 2.44 bits per heavy atom. The van der Waals surface area contributed by atoms with Crippen LogP contribution < -0.4 is 5.32 Å². The third kappa shape index (κ3) is 5.82. The molecule has 102 valence electrons. The van der Waals surface area contributed by atoms with Crippen LogP contribution in [0.4, 0.5) is 0 Å². The van der Waals surface area contributed by atoms with Crippen LogP contribution in [0.1, 0.15) is 39.7 Å². The maximum atomic E-state index is 9.60. The number of carbonyl (C=O) groups excluding carboxylic acids is 1. The van der Waals surface area contributed by atoms with Crippen molar-refractivity contribution in [2.75, 3.05) is 13.1 Å². The van der Waals surface area contributed by atoms with Crippen molar-refractivity contribution in [3.8, 4) is 0 Å². The zero-order chi connectivity index (χ0) is 13.4. The SMILES string of the molecule is CC(C)(C)OC=O.c1cnn(C2CCNCC2)c1. The number of ether oxygens (including phenoxy) is 1. The van der Waals surface area contributed by atoms with Crippen molar-refractivity contribution in [2.45, 2.75) is 45.3 Å². The Kier molecular flexibility index (Phi) is 5.85. The zero-order valence-corrected chi connectivity index (χ0v) is 11.4. The molecule has 18 heavy (non-hydrogen) atoms. The van der Waals surface area contributed by atoms with Crippen LogP contribution in [0.15, 0.2) is 18.5 Å². The zero-order valence-electron chi connectivity index (χ0n) is 11.4. The number of piperidine rings is 1. The summed E-state index contributed by atoms with van der Waals surface area (Å²) in [6.07, 6.45) is 6.32. The molecule has 0 saturated carbocycles. The van der Waals surface area contributed by atoms with Gasteiger partial charge in [-0.1, -0.05) is 0 Å². The van der Waals surface area contributed by atoms with Gasteiger partial charge in [-0.2, -0.15) is 5.10 Å². The summed E-state index contributed by atoms with van der Waals surface area (Å²) in [5.74, 6) is 0. The third-order valence-corrected chi connectivity index (χ3v) is 2.61. The second-order valence-electron chi connectivity index (χ2n) is 5.29. The topological polar surface area (TPSA) is 56.1 Å². The van der Waals surface area contributed by atoms with Gasteiger partial charge in [0.25, 0.3) is 6.47 Å². The molecular weight excluding hydrogens is 230 g/mol. The van der Waals surface area contributed by atoms with Crippen LogP contribution in [0.2, 0.25) is 0 Å². The molecule has 2 rings (SSSR count). The van der Waals surface area contributed by atoms with Crippen molar-refractivity contribution < 1.29 is 9.53 Å². The molecule has 5 nitrogen and oxygen atoms in total. The molecule has 1 saturated heterocycles. The fourth-order valence-corrected chi connectivity index (χ4v) is 1.71. The van der Waals surface area contributed by atoms with E-state index in [-0.39, 0.29) is 5.60 Å². The molecule has 1 N–H and O–H groups in total. The number of aromatic nitrogens is 2. The highest BCUT2D eigenvalue weighted by atomic mass is 16.5. The Labute approximate surface area is 109 Å². The van der Waals surface area contributed by atoms with Crippen LogP contribution in [-0.4, -0.2) is 34.9 Å². The summed E-state index contributed by atoms with van der Waals surface area (Å²) >= 11 is 0. The lowest BCUT2D eigenvalue weighted by Crippen LogP contribution is -2.29. The predicted octanol–water partition coefficient (Wildman–Crippen LogP) is 1.77. The Morgan fingerprint density at radius 1 is 1.39 bits per heavy atom. The third-order valence-electron chi connectivity index (χ3n) is 2.61. The van der Waals surface area contributed by atoms with Crippen molar-refractivity contribution in [3.63, 3.8) is 0 Å². The first-order chi connectivity index (χ1) is 8.53. The van der Waals surface area contributed by atoms with E-state index in [0.717, 1.165) is 13.1 Å². The molecule has 0 atom stereocenters. The van der Waals surface area contributed by atoms with E-state index in [0.29, 0.717) is 12.5 Å². The normalized spacial score (nSPS) is 16.6. The van der Waals surface area contributed by atoms with Crippen molar-refractivity contribution in [1.29, 1.82) is 0 Å². The van der Waals surface area contributed by atoms with E-state index in [1.54, 1.807) is 0 Å². The standard InChI is InChI=1S/C8H13N3.C5H10O2/c1-4-10-11(7-1)8-2-5-9-6-3-8;1-5(2,3)7-4-6/h1,4,7-9H,2-3,5-6H2;4H,1-3H3. The van der Waals surface area contributed by atoms with Crippen LogP contribution in [0.3, 0.4) is 0 Å². The van der Waals surface area contributed by atoms with E-state index < -0.39 is 0 Å². The Hall–Kier alpha value is -1.36. The minimum absolute atomic E-state index is 0.318. The minimum Gasteiger partial charge on any atom is -0.462 e. The van der Waals surface area contributed by atoms with Crippen LogP contribution >= 0.6 is 0 Å². The first-order valence-corrected chi connectivity index (χ1v) is 6.34. The number of nitrogens with zero attached hydrogens (tertiary/aromatic N) is 2. The maximum Gasteiger partial charge on any atom is 0.293 e. The molecule has 0 bridgehead atoms. The summed E-state index contributed by atoms with van der Waals surface area (Å²) in [6, 6.07) is 2.62. The van der Waals surface area contributed by atoms with E-state index in [9.17, 15) is 4.79 Å². The van der Waals surface area contributed by atoms with Crippen molar-refractivity contribution in [1.82, 2.24) is 15.1 Å². The molecule has 0 aliphatic carbocycles. The number of carbonyl (C=O) groups is 1. The van der Waals surface area contributed by atoms with Gasteiger partial charge < -0.3 is 10.1 Å². The summed E-state index contributed by atoms with van der Waals surface area (Å²) in [5.41, 5.74) is -0.318. The largest absolute Gasteiger partial charge is 0.462 e. The highest BCUT2D eigenvalue weighted by molar-refractivity contribution is 5.37. The molecule has 0 radical (unpaired) electrons. The Bertz CT molecular complexity index is 325. The summed E-state index contributed by atoms with van der Waals surface area (Å²) in [4.78, 5) is 9.60. The summed E-state index contributed by atoms with van der Waals surface area (Å²) in [6.45, 7) is 8.18. The smallest absolute Gasteiger partial charge is 0.293 e. The lowest BCUT2D eigenvalue weighted by Gasteiger charge is -2.22. The molecule has 5 heteroatoms. The fraction of sp³-hybridized carbons (Fsp3) is 0.692. The van der Waals surface area contributed by atoms with Crippen LogP contribution in [0.5, 0.6) is 0 Å². The van der Waals surface area contributed by atoms with Crippen LogP contribution in [-0.2, 0) is 9.53 Å². The number of hydrogen-bond acceptors (Lipinski definition) is 4. The summed E-state index contributed by atoms with van der Waals surface area (Å²) in [5, 5.41) is 7.56. The summed E-state index contributed by atoms with van der Waals surface area (Å²) in [7, 11) is 0. The molecule has 1 fully saturated rings. The molecule has 0 amide bonds. The van der Waals surface area contributed by atoms with Gasteiger partial charge in [0, 0.05) is 12.4 Å². The Morgan fingerprint density at radius 2 is 2.06 bits per heavy atom. The lowest BCUT2D eigenvalue weighted by atomic mass is 10.1. The molecule has 1 aliphatic heterocycles. The second-order valence-corrected chi connectivity index (χ2v) is 5.29. The molecule has 0 spiro atoms.